The molecule has 0 amide bonds. The van der Waals surface area contributed by atoms with Crippen LogP contribution < -0.4 is 14.8 Å². The fourth-order valence-electron chi connectivity index (χ4n) is 4.80. The smallest absolute Gasteiger partial charge is 0.467 e. The van der Waals surface area contributed by atoms with Crippen LogP contribution in [0.4, 0.5) is 24.8 Å². The van der Waals surface area contributed by atoms with Gasteiger partial charge in [0.05, 0.1) is 11.0 Å². The van der Waals surface area contributed by atoms with Gasteiger partial charge < -0.3 is 24.1 Å². The fourth-order valence-corrected chi connectivity index (χ4v) is 4.80. The lowest BCUT2D eigenvalue weighted by Gasteiger charge is -2.33. The van der Waals surface area contributed by atoms with E-state index < -0.39 is 6.36 Å². The van der Waals surface area contributed by atoms with Gasteiger partial charge in [-0.25, -0.2) is 4.98 Å². The Balaban J connectivity index is 1.67. The molecule has 0 radical (unpaired) electrons. The lowest BCUT2D eigenvalue weighted by Crippen LogP contribution is -2.23. The number of rotatable bonds is 8. The van der Waals surface area contributed by atoms with Crippen molar-refractivity contribution in [2.75, 3.05) is 18.7 Å². The molecule has 2 unspecified atom stereocenters. The van der Waals surface area contributed by atoms with Gasteiger partial charge in [0, 0.05) is 24.4 Å². The summed E-state index contributed by atoms with van der Waals surface area (Å²) in [4.78, 5) is 4.81. The van der Waals surface area contributed by atoms with Crippen molar-refractivity contribution in [2.45, 2.75) is 52.4 Å². The van der Waals surface area contributed by atoms with Gasteiger partial charge in [0.15, 0.2) is 6.79 Å². The lowest BCUT2D eigenvalue weighted by atomic mass is 9.80. The van der Waals surface area contributed by atoms with Crippen molar-refractivity contribution in [1.29, 1.82) is 0 Å². The minimum absolute atomic E-state index is 0.172. The topological polar surface area (TPSA) is 57.5 Å². The lowest BCUT2D eigenvalue weighted by molar-refractivity contribution is -0.274. The van der Waals surface area contributed by atoms with E-state index in [1.165, 1.54) is 18.6 Å². The highest BCUT2D eigenvalue weighted by atomic mass is 19.4. The van der Waals surface area contributed by atoms with Crippen LogP contribution >= 0.6 is 0 Å². The predicted molar refractivity (Wildman–Crippen MR) is 124 cm³/mol. The number of halogens is 3. The number of fused-ring (bicyclic) bond motifs is 1. The van der Waals surface area contributed by atoms with Gasteiger partial charge in [-0.05, 0) is 74.4 Å². The highest BCUT2D eigenvalue weighted by Gasteiger charge is 2.31. The number of anilines is 2. The van der Waals surface area contributed by atoms with Crippen LogP contribution in [-0.4, -0.2) is 29.3 Å². The first-order valence-electron chi connectivity index (χ1n) is 11.6. The van der Waals surface area contributed by atoms with Gasteiger partial charge in [0.2, 0.25) is 5.95 Å². The molecule has 6 nitrogen and oxygen atoms in total. The predicted octanol–water partition coefficient (Wildman–Crippen LogP) is 7.05. The Labute approximate surface area is 197 Å². The number of aromatic nitrogens is 2. The number of ether oxygens (including phenoxy) is 3. The molecular weight excluding hydrogens is 447 g/mol. The molecule has 3 aromatic rings. The Kier molecular flexibility index (Phi) is 7.21. The van der Waals surface area contributed by atoms with Crippen LogP contribution in [0.3, 0.4) is 0 Å². The molecule has 1 aliphatic rings. The summed E-state index contributed by atoms with van der Waals surface area (Å²) in [5.74, 6) is 2.23. The molecule has 2 atom stereocenters. The molecule has 1 fully saturated rings. The average molecular weight is 478 g/mol. The van der Waals surface area contributed by atoms with Crippen LogP contribution in [0.25, 0.3) is 11.0 Å². The van der Waals surface area contributed by atoms with Crippen molar-refractivity contribution in [3.05, 3.63) is 42.5 Å². The standard InChI is InChI=1S/C25H30F3N3O3/c1-4-32-15-33-21-9-10-22-23(14-21)31(19-12-16(2)11-17(3)13-19)24(30-22)29-18-5-7-20(8-6-18)34-25(26,27)28/h5-10,14,16-17,19H,4,11-13,15H2,1-3H3,(H,29,30). The second kappa shape index (κ2) is 10.1. The van der Waals surface area contributed by atoms with Crippen LogP contribution in [-0.2, 0) is 4.74 Å². The summed E-state index contributed by atoms with van der Waals surface area (Å²) in [5.41, 5.74) is 2.38. The molecule has 2 aromatic carbocycles. The number of benzene rings is 2. The quantitative estimate of drug-likeness (QED) is 0.278. The second-order valence-corrected chi connectivity index (χ2v) is 8.98. The Morgan fingerprint density at radius 2 is 1.68 bits per heavy atom. The molecule has 184 valence electrons. The van der Waals surface area contributed by atoms with Gasteiger partial charge in [-0.15, -0.1) is 13.2 Å². The normalized spacial score (nSPS) is 20.9. The third-order valence-electron chi connectivity index (χ3n) is 6.04. The monoisotopic (exact) mass is 477 g/mol. The zero-order valence-corrected chi connectivity index (χ0v) is 19.6. The van der Waals surface area contributed by atoms with Crippen molar-refractivity contribution in [3.8, 4) is 11.5 Å². The number of nitrogens with zero attached hydrogens (tertiary/aromatic N) is 2. The maximum absolute atomic E-state index is 12.5. The van der Waals surface area contributed by atoms with Gasteiger partial charge >= 0.3 is 6.36 Å². The fraction of sp³-hybridized carbons (Fsp3) is 0.480. The maximum atomic E-state index is 12.5. The molecule has 1 aromatic heterocycles. The molecule has 9 heteroatoms. The molecule has 4 rings (SSSR count). The van der Waals surface area contributed by atoms with E-state index in [0.717, 1.165) is 23.9 Å². The number of alkyl halides is 3. The first kappa shape index (κ1) is 24.2. The molecule has 0 spiro atoms. The van der Waals surface area contributed by atoms with Crippen molar-refractivity contribution in [1.82, 2.24) is 9.55 Å². The number of nitrogens with one attached hydrogen (secondary N) is 1. The van der Waals surface area contributed by atoms with Crippen molar-refractivity contribution >= 4 is 22.7 Å². The van der Waals surface area contributed by atoms with E-state index in [9.17, 15) is 13.2 Å². The highest BCUT2D eigenvalue weighted by molar-refractivity contribution is 5.81. The Hall–Kier alpha value is -2.94. The average Bonchev–Trinajstić information content (AvgIpc) is 3.11. The van der Waals surface area contributed by atoms with E-state index in [1.807, 2.05) is 25.1 Å². The molecule has 0 saturated heterocycles. The van der Waals surface area contributed by atoms with Crippen LogP contribution in [0.1, 0.15) is 46.1 Å². The summed E-state index contributed by atoms with van der Waals surface area (Å²) in [6.07, 6.45) is -1.49. The van der Waals surface area contributed by atoms with E-state index in [2.05, 4.69) is 28.5 Å². The summed E-state index contributed by atoms with van der Waals surface area (Å²) in [7, 11) is 0. The van der Waals surface area contributed by atoms with Gasteiger partial charge in [-0.2, -0.15) is 0 Å². The summed E-state index contributed by atoms with van der Waals surface area (Å²) < 4.78 is 54.7. The van der Waals surface area contributed by atoms with E-state index >= 15 is 0 Å². The third-order valence-corrected chi connectivity index (χ3v) is 6.04. The Morgan fingerprint density at radius 3 is 2.32 bits per heavy atom. The second-order valence-electron chi connectivity index (χ2n) is 8.98. The van der Waals surface area contributed by atoms with Crippen molar-refractivity contribution < 1.29 is 27.4 Å². The van der Waals surface area contributed by atoms with Crippen LogP contribution in [0.15, 0.2) is 42.5 Å². The third kappa shape index (κ3) is 5.94. The zero-order valence-electron chi connectivity index (χ0n) is 19.6. The summed E-state index contributed by atoms with van der Waals surface area (Å²) >= 11 is 0. The van der Waals surface area contributed by atoms with E-state index in [4.69, 9.17) is 14.5 Å². The van der Waals surface area contributed by atoms with Crippen LogP contribution in [0.2, 0.25) is 0 Å². The van der Waals surface area contributed by atoms with Gasteiger partial charge in [-0.1, -0.05) is 13.8 Å². The molecular formula is C25H30F3N3O3. The summed E-state index contributed by atoms with van der Waals surface area (Å²) in [5, 5.41) is 3.30. The zero-order chi connectivity index (χ0) is 24.3. The minimum Gasteiger partial charge on any atom is -0.467 e. The highest BCUT2D eigenvalue weighted by Crippen LogP contribution is 2.40. The van der Waals surface area contributed by atoms with Crippen LogP contribution in [0.5, 0.6) is 11.5 Å². The van der Waals surface area contributed by atoms with Crippen molar-refractivity contribution in [2.24, 2.45) is 11.8 Å². The number of imidazole rings is 1. The molecule has 1 saturated carbocycles. The van der Waals surface area contributed by atoms with E-state index in [-0.39, 0.29) is 18.6 Å². The van der Waals surface area contributed by atoms with E-state index in [0.29, 0.717) is 35.8 Å². The van der Waals surface area contributed by atoms with Gasteiger partial charge in [0.25, 0.3) is 0 Å². The molecule has 34 heavy (non-hydrogen) atoms. The summed E-state index contributed by atoms with van der Waals surface area (Å²) in [6.45, 7) is 7.19. The van der Waals surface area contributed by atoms with Gasteiger partial charge in [-0.3, -0.25) is 0 Å². The first-order chi connectivity index (χ1) is 16.2. The molecule has 1 aliphatic carbocycles. The molecule has 1 heterocycles. The Bertz CT molecular complexity index is 1090. The first-order valence-corrected chi connectivity index (χ1v) is 11.6. The SMILES string of the molecule is CCOCOc1ccc2nc(Nc3ccc(OC(F)(F)F)cc3)n(C3CC(C)CC(C)C3)c2c1. The minimum atomic E-state index is -4.72. The van der Waals surface area contributed by atoms with Crippen LogP contribution in [0, 0.1) is 11.8 Å². The largest absolute Gasteiger partial charge is 0.573 e. The number of hydrogen-bond donors (Lipinski definition) is 1. The maximum Gasteiger partial charge on any atom is 0.573 e. The molecule has 0 aliphatic heterocycles. The summed E-state index contributed by atoms with van der Waals surface area (Å²) in [6, 6.07) is 11.6. The van der Waals surface area contributed by atoms with E-state index in [1.54, 1.807) is 12.1 Å². The Morgan fingerprint density at radius 1 is 1.00 bits per heavy atom. The molecule has 1 N–H and O–H groups in total. The molecule has 0 bridgehead atoms. The van der Waals surface area contributed by atoms with Crippen molar-refractivity contribution in [3.63, 3.8) is 0 Å². The number of hydrogen-bond acceptors (Lipinski definition) is 5. The van der Waals surface area contributed by atoms with Gasteiger partial charge in [0.1, 0.15) is 11.5 Å².